The molecule has 0 amide bonds. The Morgan fingerprint density at radius 1 is 0.436 bits per heavy atom. The first kappa shape index (κ1) is 53.7. The molecule has 55 heavy (non-hydrogen) atoms. The molecule has 2 N–H and O–H groups in total. The fraction of sp³-hybridized carbons (Fsp3) is 0.955. The van der Waals surface area contributed by atoms with Crippen molar-refractivity contribution in [2.45, 2.75) is 193 Å². The van der Waals surface area contributed by atoms with Crippen molar-refractivity contribution in [3.05, 3.63) is 0 Å². The van der Waals surface area contributed by atoms with Gasteiger partial charge in [0.25, 0.3) is 0 Å². The van der Waals surface area contributed by atoms with Crippen molar-refractivity contribution in [1.29, 1.82) is 0 Å². The largest absolute Gasteiger partial charge is 0.481 e. The van der Waals surface area contributed by atoms with E-state index in [2.05, 4.69) is 13.8 Å². The number of hydrogen-bond acceptors (Lipinski definition) is 10. The van der Waals surface area contributed by atoms with E-state index in [1.165, 1.54) is 64.2 Å². The summed E-state index contributed by atoms with van der Waals surface area (Å²) in [5, 5.41) is 17.5. The number of esters is 1. The van der Waals surface area contributed by atoms with Crippen molar-refractivity contribution < 1.29 is 53.0 Å². The molecule has 0 heterocycles. The zero-order chi connectivity index (χ0) is 40.1. The summed E-state index contributed by atoms with van der Waals surface area (Å²) in [5.74, 6) is -0.752. The number of aliphatic hydroxyl groups excluding tert-OH is 1. The Bertz CT molecular complexity index is 769. The van der Waals surface area contributed by atoms with Gasteiger partial charge in [0.1, 0.15) is 12.2 Å². The number of ether oxygens (including phenoxy) is 7. The van der Waals surface area contributed by atoms with Gasteiger partial charge in [-0.05, 0) is 51.4 Å². The van der Waals surface area contributed by atoms with Crippen LogP contribution >= 0.6 is 0 Å². The quantitative estimate of drug-likeness (QED) is 0.0450. The summed E-state index contributed by atoms with van der Waals surface area (Å²) in [6.07, 6.45) is 27.4. The highest BCUT2D eigenvalue weighted by atomic mass is 16.6. The Labute approximate surface area is 336 Å². The molecule has 0 aliphatic heterocycles. The van der Waals surface area contributed by atoms with Crippen LogP contribution in [0, 0.1) is 0 Å². The maximum Gasteiger partial charge on any atom is 0.306 e. The SMILES string of the molecule is CCCCCCCCC(CCCCCCCC)OC(=O)CCCCCCCOC(COCCCCCCCC(=O)O)COCCOCCOCCOCCO. The summed E-state index contributed by atoms with van der Waals surface area (Å²) in [6.45, 7) is 9.81. The first-order chi connectivity index (χ1) is 27.0. The minimum absolute atomic E-state index is 0.0125. The maximum absolute atomic E-state index is 12.7. The zero-order valence-electron chi connectivity index (χ0n) is 35.6. The van der Waals surface area contributed by atoms with Gasteiger partial charge < -0.3 is 43.4 Å². The van der Waals surface area contributed by atoms with Gasteiger partial charge in [-0.25, -0.2) is 0 Å². The molecule has 0 saturated carbocycles. The second-order valence-corrected chi connectivity index (χ2v) is 14.9. The van der Waals surface area contributed by atoms with Crippen molar-refractivity contribution in [3.63, 3.8) is 0 Å². The third kappa shape index (κ3) is 43.6. The predicted molar refractivity (Wildman–Crippen MR) is 220 cm³/mol. The minimum Gasteiger partial charge on any atom is -0.481 e. The summed E-state index contributed by atoms with van der Waals surface area (Å²) in [4.78, 5) is 23.4. The van der Waals surface area contributed by atoms with E-state index in [0.29, 0.717) is 79.1 Å². The summed E-state index contributed by atoms with van der Waals surface area (Å²) in [6, 6.07) is 0. The molecule has 0 fully saturated rings. The molecule has 328 valence electrons. The van der Waals surface area contributed by atoms with Gasteiger partial charge in [-0.1, -0.05) is 117 Å². The molecule has 0 bridgehead atoms. The number of aliphatic carboxylic acids is 1. The highest BCUT2D eigenvalue weighted by Gasteiger charge is 2.15. The van der Waals surface area contributed by atoms with Crippen LogP contribution in [0.5, 0.6) is 0 Å². The molecule has 0 aliphatic rings. The van der Waals surface area contributed by atoms with E-state index in [1.54, 1.807) is 0 Å². The van der Waals surface area contributed by atoms with Gasteiger partial charge in [0.05, 0.1) is 66.1 Å². The topological polar surface area (TPSA) is 139 Å². The van der Waals surface area contributed by atoms with Gasteiger partial charge in [0.2, 0.25) is 0 Å². The lowest BCUT2D eigenvalue weighted by molar-refractivity contribution is -0.150. The highest BCUT2D eigenvalue weighted by Crippen LogP contribution is 2.18. The van der Waals surface area contributed by atoms with Crippen LogP contribution in [0.25, 0.3) is 0 Å². The molecule has 11 nitrogen and oxygen atoms in total. The molecule has 1 atom stereocenters. The number of aliphatic hydroxyl groups is 1. The van der Waals surface area contributed by atoms with Gasteiger partial charge in [-0.2, -0.15) is 0 Å². The Morgan fingerprint density at radius 2 is 0.855 bits per heavy atom. The molecule has 0 saturated heterocycles. The van der Waals surface area contributed by atoms with Crippen molar-refractivity contribution in [2.75, 3.05) is 79.3 Å². The molecular weight excluding hydrogens is 704 g/mol. The smallest absolute Gasteiger partial charge is 0.306 e. The van der Waals surface area contributed by atoms with Crippen LogP contribution in [-0.4, -0.2) is 114 Å². The summed E-state index contributed by atoms with van der Waals surface area (Å²) in [5.41, 5.74) is 0. The molecule has 0 aliphatic carbocycles. The monoisotopic (exact) mass is 791 g/mol. The summed E-state index contributed by atoms with van der Waals surface area (Å²) < 4.78 is 40.1. The van der Waals surface area contributed by atoms with E-state index in [1.807, 2.05) is 0 Å². The average molecular weight is 791 g/mol. The standard InChI is InChI=1S/C44H86O11/c1-3-5-7-9-13-19-25-41(26-20-14-10-8-6-4-2)55-44(48)28-22-16-12-18-24-31-54-42(39-52-30-23-17-11-15-21-27-43(46)47)40-53-38-37-51-36-35-50-34-33-49-32-29-45/h41-42,45H,3-40H2,1-2H3,(H,46,47). The number of carbonyl (C=O) groups excluding carboxylic acids is 1. The molecule has 11 heteroatoms. The number of carboxylic acids is 1. The van der Waals surface area contributed by atoms with Gasteiger partial charge in [-0.15, -0.1) is 0 Å². The molecule has 0 rings (SSSR count). The van der Waals surface area contributed by atoms with Crippen LogP contribution in [0.2, 0.25) is 0 Å². The van der Waals surface area contributed by atoms with E-state index < -0.39 is 5.97 Å². The number of unbranched alkanes of at least 4 members (excludes halogenated alkanes) is 18. The third-order valence-electron chi connectivity index (χ3n) is 9.57. The Kier molecular flexibility index (Phi) is 44.3. The first-order valence-electron chi connectivity index (χ1n) is 22.6. The van der Waals surface area contributed by atoms with Gasteiger partial charge in [0.15, 0.2) is 0 Å². The number of carboxylic acid groups (broad SMARTS) is 1. The number of rotatable bonds is 47. The zero-order valence-corrected chi connectivity index (χ0v) is 35.6. The highest BCUT2D eigenvalue weighted by molar-refractivity contribution is 5.69. The fourth-order valence-electron chi connectivity index (χ4n) is 6.27. The van der Waals surface area contributed by atoms with E-state index >= 15 is 0 Å². The summed E-state index contributed by atoms with van der Waals surface area (Å²) >= 11 is 0. The summed E-state index contributed by atoms with van der Waals surface area (Å²) in [7, 11) is 0. The average Bonchev–Trinajstić information content (AvgIpc) is 3.17. The van der Waals surface area contributed by atoms with Crippen LogP contribution in [0.15, 0.2) is 0 Å². The lowest BCUT2D eigenvalue weighted by atomic mass is 10.0. The lowest BCUT2D eigenvalue weighted by Crippen LogP contribution is -2.27. The van der Waals surface area contributed by atoms with E-state index in [0.717, 1.165) is 89.9 Å². The van der Waals surface area contributed by atoms with Crippen molar-refractivity contribution >= 4 is 11.9 Å². The van der Waals surface area contributed by atoms with Crippen LogP contribution in [0.4, 0.5) is 0 Å². The van der Waals surface area contributed by atoms with Crippen molar-refractivity contribution in [3.8, 4) is 0 Å². The van der Waals surface area contributed by atoms with E-state index in [4.69, 9.17) is 43.4 Å². The van der Waals surface area contributed by atoms with Gasteiger partial charge in [-0.3, -0.25) is 9.59 Å². The Morgan fingerprint density at radius 3 is 1.38 bits per heavy atom. The first-order valence-corrected chi connectivity index (χ1v) is 22.6. The minimum atomic E-state index is -0.730. The maximum atomic E-state index is 12.7. The second-order valence-electron chi connectivity index (χ2n) is 14.9. The Balaban J connectivity index is 4.31. The van der Waals surface area contributed by atoms with Crippen LogP contribution < -0.4 is 0 Å². The van der Waals surface area contributed by atoms with Gasteiger partial charge in [0, 0.05) is 26.1 Å². The van der Waals surface area contributed by atoms with Crippen LogP contribution in [0.1, 0.15) is 181 Å². The number of carbonyl (C=O) groups is 2. The fourth-order valence-corrected chi connectivity index (χ4v) is 6.27. The van der Waals surface area contributed by atoms with E-state index in [-0.39, 0.29) is 31.2 Å². The lowest BCUT2D eigenvalue weighted by Gasteiger charge is -2.19. The molecule has 0 radical (unpaired) electrons. The molecule has 0 aromatic carbocycles. The molecule has 0 spiro atoms. The van der Waals surface area contributed by atoms with Crippen molar-refractivity contribution in [1.82, 2.24) is 0 Å². The van der Waals surface area contributed by atoms with Crippen LogP contribution in [-0.2, 0) is 42.7 Å². The molecule has 0 aromatic heterocycles. The molecular formula is C44H86O11. The van der Waals surface area contributed by atoms with Gasteiger partial charge >= 0.3 is 11.9 Å². The van der Waals surface area contributed by atoms with Crippen LogP contribution in [0.3, 0.4) is 0 Å². The van der Waals surface area contributed by atoms with E-state index in [9.17, 15) is 9.59 Å². The predicted octanol–water partition coefficient (Wildman–Crippen LogP) is 9.63. The normalized spacial score (nSPS) is 12.1. The third-order valence-corrected chi connectivity index (χ3v) is 9.57. The number of hydrogen-bond donors (Lipinski definition) is 2. The molecule has 1 unspecified atom stereocenters. The Hall–Kier alpha value is -1.34. The second kappa shape index (κ2) is 45.4. The van der Waals surface area contributed by atoms with Crippen molar-refractivity contribution in [2.24, 2.45) is 0 Å². The molecule has 0 aromatic rings.